The van der Waals surface area contributed by atoms with Crippen LogP contribution in [0.5, 0.6) is 0 Å². The molecule has 0 aliphatic heterocycles. The summed E-state index contributed by atoms with van der Waals surface area (Å²) in [4.78, 5) is 12.2. The third-order valence-corrected chi connectivity index (χ3v) is 4.71. The Labute approximate surface area is 123 Å². The lowest BCUT2D eigenvalue weighted by Crippen LogP contribution is -2.53. The number of aliphatic hydroxyl groups is 1. The van der Waals surface area contributed by atoms with Gasteiger partial charge in [0.2, 0.25) is 3.79 Å². The summed E-state index contributed by atoms with van der Waals surface area (Å²) in [6, 6.07) is 0. The summed E-state index contributed by atoms with van der Waals surface area (Å²) in [6.45, 7) is 1.39. The Hall–Kier alpha value is 0.300. The van der Waals surface area contributed by atoms with E-state index >= 15 is 0 Å². The molecule has 1 rings (SSSR count). The van der Waals surface area contributed by atoms with Gasteiger partial charge in [-0.3, -0.25) is 4.79 Å². The summed E-state index contributed by atoms with van der Waals surface area (Å²) >= 11 is 18.0. The fraction of sp³-hybridized carbons (Fsp3) is 0.917. The lowest BCUT2D eigenvalue weighted by molar-refractivity contribution is -0.163. The second kappa shape index (κ2) is 6.65. The largest absolute Gasteiger partial charge is 0.465 e. The third-order valence-electron chi connectivity index (χ3n) is 3.70. The van der Waals surface area contributed by atoms with E-state index < -0.39 is 21.8 Å². The van der Waals surface area contributed by atoms with Crippen molar-refractivity contribution in [1.82, 2.24) is 0 Å². The smallest absolute Gasteiger partial charge is 0.319 e. The van der Waals surface area contributed by atoms with Crippen LogP contribution >= 0.6 is 34.8 Å². The number of hydrogen-bond acceptors (Lipinski definition) is 3. The molecule has 6 heteroatoms. The Balaban J connectivity index is 3.08. The van der Waals surface area contributed by atoms with E-state index in [0.717, 1.165) is 32.1 Å². The second-order valence-electron chi connectivity index (χ2n) is 4.68. The molecule has 0 aromatic heterocycles. The van der Waals surface area contributed by atoms with Crippen molar-refractivity contribution in [3.8, 4) is 0 Å². The third kappa shape index (κ3) is 3.06. The summed E-state index contributed by atoms with van der Waals surface area (Å²) < 4.78 is 3.16. The van der Waals surface area contributed by atoms with Crippen LogP contribution < -0.4 is 0 Å². The molecular formula is C12H19Cl3O3. The number of carbonyl (C=O) groups excluding carboxylic acids is 1. The Kier molecular flexibility index (Phi) is 6.04. The average molecular weight is 318 g/mol. The Morgan fingerprint density at radius 2 is 1.83 bits per heavy atom. The molecule has 0 aromatic carbocycles. The predicted molar refractivity (Wildman–Crippen MR) is 73.0 cm³/mol. The van der Waals surface area contributed by atoms with Crippen LogP contribution in [0.2, 0.25) is 0 Å². The van der Waals surface area contributed by atoms with E-state index in [4.69, 9.17) is 39.5 Å². The molecule has 106 valence electrons. The standard InChI is InChI=1S/C12H19Cl3O3/c1-2-18-10(17)11(8-16,12(13,14)15)9-6-4-3-5-7-9/h9,16H,2-8H2,1H3. The summed E-state index contributed by atoms with van der Waals surface area (Å²) in [6.07, 6.45) is 4.61. The van der Waals surface area contributed by atoms with Gasteiger partial charge in [0.15, 0.2) is 0 Å². The fourth-order valence-electron chi connectivity index (χ4n) is 2.65. The van der Waals surface area contributed by atoms with E-state index in [-0.39, 0.29) is 12.5 Å². The Bertz CT molecular complexity index is 285. The predicted octanol–water partition coefficient (Wildman–Crippen LogP) is 3.48. The van der Waals surface area contributed by atoms with Gasteiger partial charge in [-0.2, -0.15) is 0 Å². The minimum absolute atomic E-state index is 0.150. The minimum Gasteiger partial charge on any atom is -0.465 e. The van der Waals surface area contributed by atoms with Crippen molar-refractivity contribution in [2.45, 2.75) is 42.8 Å². The van der Waals surface area contributed by atoms with Crippen molar-refractivity contribution in [3.63, 3.8) is 0 Å². The number of halogens is 3. The molecule has 0 amide bonds. The molecule has 1 atom stereocenters. The lowest BCUT2D eigenvalue weighted by Gasteiger charge is -2.43. The number of rotatable bonds is 4. The maximum absolute atomic E-state index is 12.2. The first-order chi connectivity index (χ1) is 8.40. The van der Waals surface area contributed by atoms with Crippen LogP contribution in [0.15, 0.2) is 0 Å². The van der Waals surface area contributed by atoms with Gasteiger partial charge in [-0.05, 0) is 25.7 Å². The van der Waals surface area contributed by atoms with Gasteiger partial charge in [0.05, 0.1) is 13.2 Å². The molecule has 1 fully saturated rings. The van der Waals surface area contributed by atoms with Crippen molar-refractivity contribution in [2.75, 3.05) is 13.2 Å². The Morgan fingerprint density at radius 1 is 1.28 bits per heavy atom. The molecule has 0 bridgehead atoms. The molecule has 0 aromatic rings. The van der Waals surface area contributed by atoms with E-state index in [1.807, 2.05) is 0 Å². The van der Waals surface area contributed by atoms with Gasteiger partial charge >= 0.3 is 5.97 Å². The van der Waals surface area contributed by atoms with Gasteiger partial charge in [0.1, 0.15) is 5.41 Å². The van der Waals surface area contributed by atoms with Gasteiger partial charge in [-0.25, -0.2) is 0 Å². The van der Waals surface area contributed by atoms with E-state index in [9.17, 15) is 9.90 Å². The number of aliphatic hydroxyl groups excluding tert-OH is 1. The number of ether oxygens (including phenoxy) is 1. The molecule has 1 unspecified atom stereocenters. The molecule has 0 saturated heterocycles. The summed E-state index contributed by atoms with van der Waals surface area (Å²) in [5.74, 6) is -0.762. The van der Waals surface area contributed by atoms with Crippen LogP contribution in [0.1, 0.15) is 39.0 Å². The number of esters is 1. The number of alkyl halides is 3. The van der Waals surface area contributed by atoms with Crippen molar-refractivity contribution in [1.29, 1.82) is 0 Å². The quantitative estimate of drug-likeness (QED) is 0.638. The van der Waals surface area contributed by atoms with E-state index in [2.05, 4.69) is 0 Å². The maximum Gasteiger partial charge on any atom is 0.319 e. The van der Waals surface area contributed by atoms with Gasteiger partial charge in [0.25, 0.3) is 0 Å². The topological polar surface area (TPSA) is 46.5 Å². The average Bonchev–Trinajstić information content (AvgIpc) is 2.30. The molecule has 18 heavy (non-hydrogen) atoms. The van der Waals surface area contributed by atoms with Crippen LogP contribution in [-0.4, -0.2) is 28.1 Å². The van der Waals surface area contributed by atoms with Gasteiger partial charge < -0.3 is 9.84 Å². The zero-order chi connectivity index (χ0) is 13.8. The second-order valence-corrected chi connectivity index (χ2v) is 6.96. The van der Waals surface area contributed by atoms with Crippen LogP contribution in [-0.2, 0) is 9.53 Å². The molecule has 1 N–H and O–H groups in total. The first-order valence-electron chi connectivity index (χ1n) is 6.25. The molecule has 0 spiro atoms. The van der Waals surface area contributed by atoms with Gasteiger partial charge in [-0.15, -0.1) is 0 Å². The van der Waals surface area contributed by atoms with Crippen LogP contribution in [0.25, 0.3) is 0 Å². The zero-order valence-corrected chi connectivity index (χ0v) is 12.7. The normalized spacial score (nSPS) is 21.4. The zero-order valence-electron chi connectivity index (χ0n) is 10.4. The maximum atomic E-state index is 12.2. The number of carbonyl (C=O) groups is 1. The molecule has 1 aliphatic rings. The SMILES string of the molecule is CCOC(=O)C(CO)(C1CCCCC1)C(Cl)(Cl)Cl. The highest BCUT2D eigenvalue weighted by Crippen LogP contribution is 2.54. The highest BCUT2D eigenvalue weighted by molar-refractivity contribution is 6.69. The minimum atomic E-state index is -1.87. The lowest BCUT2D eigenvalue weighted by atomic mass is 9.69. The summed E-state index contributed by atoms with van der Waals surface area (Å²) in [5, 5.41) is 9.71. The highest BCUT2D eigenvalue weighted by Gasteiger charge is 2.59. The molecule has 1 aliphatic carbocycles. The summed E-state index contributed by atoms with van der Waals surface area (Å²) in [5.41, 5.74) is -1.45. The first-order valence-corrected chi connectivity index (χ1v) is 7.38. The van der Waals surface area contributed by atoms with Crippen LogP contribution in [0, 0.1) is 11.3 Å². The van der Waals surface area contributed by atoms with Crippen molar-refractivity contribution in [2.24, 2.45) is 11.3 Å². The van der Waals surface area contributed by atoms with Crippen molar-refractivity contribution < 1.29 is 14.6 Å². The Morgan fingerprint density at radius 3 is 2.22 bits per heavy atom. The van der Waals surface area contributed by atoms with Gasteiger partial charge in [-0.1, -0.05) is 54.1 Å². The van der Waals surface area contributed by atoms with Crippen LogP contribution in [0.4, 0.5) is 0 Å². The summed E-state index contributed by atoms with van der Waals surface area (Å²) in [7, 11) is 0. The van der Waals surface area contributed by atoms with E-state index in [1.165, 1.54) is 0 Å². The fourth-order valence-corrected chi connectivity index (χ4v) is 3.53. The van der Waals surface area contributed by atoms with Crippen LogP contribution in [0.3, 0.4) is 0 Å². The molecule has 0 heterocycles. The number of hydrogen-bond donors (Lipinski definition) is 1. The van der Waals surface area contributed by atoms with Gasteiger partial charge in [0, 0.05) is 0 Å². The highest BCUT2D eigenvalue weighted by atomic mass is 35.6. The first kappa shape index (κ1) is 16.4. The monoisotopic (exact) mass is 316 g/mol. The van der Waals surface area contributed by atoms with E-state index in [0.29, 0.717) is 0 Å². The molecule has 1 saturated carbocycles. The van der Waals surface area contributed by atoms with Crippen molar-refractivity contribution in [3.05, 3.63) is 0 Å². The van der Waals surface area contributed by atoms with E-state index in [1.54, 1.807) is 6.92 Å². The molecular weight excluding hydrogens is 298 g/mol. The molecule has 3 nitrogen and oxygen atoms in total. The molecule has 0 radical (unpaired) electrons. The van der Waals surface area contributed by atoms with Crippen molar-refractivity contribution >= 4 is 40.8 Å².